The lowest BCUT2D eigenvalue weighted by Gasteiger charge is -2.15. The summed E-state index contributed by atoms with van der Waals surface area (Å²) in [6.45, 7) is 2.45. The number of rotatable bonds is 4. The first-order chi connectivity index (χ1) is 9.49. The molecule has 0 aliphatic rings. The van der Waals surface area contributed by atoms with E-state index in [-0.39, 0.29) is 5.82 Å². The van der Waals surface area contributed by atoms with E-state index >= 15 is 0 Å². The Morgan fingerprint density at radius 1 is 1.25 bits per heavy atom. The minimum Gasteiger partial charge on any atom is -0.495 e. The van der Waals surface area contributed by atoms with Gasteiger partial charge in [-0.1, -0.05) is 27.5 Å². The molecule has 0 amide bonds. The van der Waals surface area contributed by atoms with Gasteiger partial charge in [0, 0.05) is 16.0 Å². The molecule has 0 fully saturated rings. The average molecular weight is 359 g/mol. The molecule has 0 aliphatic carbocycles. The molecule has 1 N–H and O–H groups in total. The van der Waals surface area contributed by atoms with Gasteiger partial charge in [-0.3, -0.25) is 0 Å². The molecule has 5 heteroatoms. The van der Waals surface area contributed by atoms with E-state index in [0.29, 0.717) is 11.6 Å². The third-order valence-corrected chi connectivity index (χ3v) is 3.55. The van der Waals surface area contributed by atoms with Crippen LogP contribution in [0.4, 0.5) is 10.1 Å². The SMILES string of the molecule is COc1cc(Br)cc(C)c1NCc1cc(F)cc(Cl)c1. The van der Waals surface area contributed by atoms with E-state index < -0.39 is 0 Å². The molecule has 0 aromatic heterocycles. The van der Waals surface area contributed by atoms with Crippen molar-refractivity contribution in [3.05, 3.63) is 56.8 Å². The number of nitrogens with one attached hydrogen (secondary N) is 1. The fourth-order valence-corrected chi connectivity index (χ4v) is 2.80. The fraction of sp³-hybridized carbons (Fsp3) is 0.200. The summed E-state index contributed by atoms with van der Waals surface area (Å²) in [6, 6.07) is 8.35. The molecule has 20 heavy (non-hydrogen) atoms. The van der Waals surface area contributed by atoms with E-state index in [1.807, 2.05) is 19.1 Å². The van der Waals surface area contributed by atoms with E-state index in [0.717, 1.165) is 27.0 Å². The maximum atomic E-state index is 13.3. The predicted octanol–water partition coefficient (Wildman–Crippen LogP) is 5.17. The molecular formula is C15H14BrClFNO. The largest absolute Gasteiger partial charge is 0.495 e. The highest BCUT2D eigenvalue weighted by Crippen LogP contribution is 2.32. The number of hydrogen-bond donors (Lipinski definition) is 1. The molecule has 0 unspecified atom stereocenters. The first kappa shape index (κ1) is 15.1. The zero-order chi connectivity index (χ0) is 14.7. The minimum atomic E-state index is -0.339. The van der Waals surface area contributed by atoms with Crippen LogP contribution < -0.4 is 10.1 Å². The van der Waals surface area contributed by atoms with Crippen LogP contribution in [0, 0.1) is 12.7 Å². The zero-order valence-corrected chi connectivity index (χ0v) is 13.5. The van der Waals surface area contributed by atoms with Crippen LogP contribution >= 0.6 is 27.5 Å². The summed E-state index contributed by atoms with van der Waals surface area (Å²) in [5.74, 6) is 0.396. The molecule has 0 heterocycles. The predicted molar refractivity (Wildman–Crippen MR) is 84.2 cm³/mol. The van der Waals surface area contributed by atoms with Gasteiger partial charge in [-0.05, 0) is 48.4 Å². The van der Waals surface area contributed by atoms with Gasteiger partial charge in [-0.25, -0.2) is 4.39 Å². The van der Waals surface area contributed by atoms with Gasteiger partial charge in [0.05, 0.1) is 12.8 Å². The van der Waals surface area contributed by atoms with Crippen LogP contribution in [0.1, 0.15) is 11.1 Å². The van der Waals surface area contributed by atoms with E-state index in [2.05, 4.69) is 21.2 Å². The number of benzene rings is 2. The summed E-state index contributed by atoms with van der Waals surface area (Å²) in [5.41, 5.74) is 2.70. The second-order valence-electron chi connectivity index (χ2n) is 4.43. The summed E-state index contributed by atoms with van der Waals surface area (Å²) in [5, 5.41) is 3.65. The molecule has 0 saturated carbocycles. The number of halogens is 3. The second-order valence-corrected chi connectivity index (χ2v) is 5.78. The summed E-state index contributed by atoms with van der Waals surface area (Å²) >= 11 is 9.27. The Balaban J connectivity index is 2.22. The molecule has 0 spiro atoms. The van der Waals surface area contributed by atoms with E-state index in [1.54, 1.807) is 13.2 Å². The van der Waals surface area contributed by atoms with E-state index in [1.165, 1.54) is 12.1 Å². The lowest BCUT2D eigenvalue weighted by Crippen LogP contribution is -2.03. The Kier molecular flexibility index (Phi) is 4.89. The highest BCUT2D eigenvalue weighted by molar-refractivity contribution is 9.10. The Morgan fingerprint density at radius 3 is 2.65 bits per heavy atom. The van der Waals surface area contributed by atoms with Crippen LogP contribution in [0.25, 0.3) is 0 Å². The van der Waals surface area contributed by atoms with Crippen LogP contribution in [0.15, 0.2) is 34.8 Å². The Labute approximate surface area is 131 Å². The van der Waals surface area contributed by atoms with Crippen molar-refractivity contribution in [3.8, 4) is 5.75 Å². The molecule has 0 atom stereocenters. The lowest BCUT2D eigenvalue weighted by molar-refractivity contribution is 0.416. The second kappa shape index (κ2) is 6.46. The van der Waals surface area contributed by atoms with E-state index in [9.17, 15) is 4.39 Å². The number of methoxy groups -OCH3 is 1. The molecule has 2 aromatic rings. The number of hydrogen-bond acceptors (Lipinski definition) is 2. The van der Waals surface area contributed by atoms with Gasteiger partial charge < -0.3 is 10.1 Å². The molecule has 2 aromatic carbocycles. The van der Waals surface area contributed by atoms with Crippen molar-refractivity contribution in [2.24, 2.45) is 0 Å². The Bertz CT molecular complexity index is 613. The molecule has 106 valence electrons. The Morgan fingerprint density at radius 2 is 2.00 bits per heavy atom. The number of aryl methyl sites for hydroxylation is 1. The van der Waals surface area contributed by atoms with Crippen LogP contribution in [0.2, 0.25) is 5.02 Å². The standard InChI is InChI=1S/C15H14BrClFNO/c1-9-3-11(16)6-14(20-2)15(9)19-8-10-4-12(17)7-13(18)5-10/h3-7,19H,8H2,1-2H3. The van der Waals surface area contributed by atoms with Crippen molar-refractivity contribution in [2.75, 3.05) is 12.4 Å². The highest BCUT2D eigenvalue weighted by atomic mass is 79.9. The van der Waals surface area contributed by atoms with Crippen molar-refractivity contribution in [2.45, 2.75) is 13.5 Å². The highest BCUT2D eigenvalue weighted by Gasteiger charge is 2.08. The van der Waals surface area contributed by atoms with Gasteiger partial charge >= 0.3 is 0 Å². The monoisotopic (exact) mass is 357 g/mol. The molecule has 2 rings (SSSR count). The molecule has 0 radical (unpaired) electrons. The summed E-state index contributed by atoms with van der Waals surface area (Å²) < 4.78 is 19.6. The molecule has 0 aliphatic heterocycles. The summed E-state index contributed by atoms with van der Waals surface area (Å²) in [4.78, 5) is 0. The first-order valence-corrected chi connectivity index (χ1v) is 7.19. The fourth-order valence-electron chi connectivity index (χ4n) is 2.00. The molecule has 0 saturated heterocycles. The van der Waals surface area contributed by atoms with Gasteiger partial charge in [-0.2, -0.15) is 0 Å². The third kappa shape index (κ3) is 3.64. The van der Waals surface area contributed by atoms with Crippen molar-refractivity contribution in [1.82, 2.24) is 0 Å². The van der Waals surface area contributed by atoms with Crippen LogP contribution in [-0.2, 0) is 6.54 Å². The lowest BCUT2D eigenvalue weighted by atomic mass is 10.1. The normalized spacial score (nSPS) is 10.4. The zero-order valence-electron chi connectivity index (χ0n) is 11.1. The molecular weight excluding hydrogens is 345 g/mol. The summed E-state index contributed by atoms with van der Waals surface area (Å²) in [7, 11) is 1.62. The van der Waals surface area contributed by atoms with Gasteiger partial charge in [0.2, 0.25) is 0 Å². The smallest absolute Gasteiger partial charge is 0.143 e. The van der Waals surface area contributed by atoms with Crippen LogP contribution in [-0.4, -0.2) is 7.11 Å². The van der Waals surface area contributed by atoms with Gasteiger partial charge in [0.1, 0.15) is 11.6 Å². The van der Waals surface area contributed by atoms with Gasteiger partial charge in [0.15, 0.2) is 0 Å². The molecule has 2 nitrogen and oxygen atoms in total. The van der Waals surface area contributed by atoms with Crippen molar-refractivity contribution < 1.29 is 9.13 Å². The van der Waals surface area contributed by atoms with Gasteiger partial charge in [-0.15, -0.1) is 0 Å². The molecule has 0 bridgehead atoms. The number of ether oxygens (including phenoxy) is 1. The van der Waals surface area contributed by atoms with Gasteiger partial charge in [0.25, 0.3) is 0 Å². The number of anilines is 1. The maximum Gasteiger partial charge on any atom is 0.143 e. The quantitative estimate of drug-likeness (QED) is 0.814. The topological polar surface area (TPSA) is 21.3 Å². The van der Waals surface area contributed by atoms with Crippen molar-refractivity contribution in [1.29, 1.82) is 0 Å². The third-order valence-electron chi connectivity index (χ3n) is 2.88. The van der Waals surface area contributed by atoms with Crippen molar-refractivity contribution in [3.63, 3.8) is 0 Å². The van der Waals surface area contributed by atoms with Crippen LogP contribution in [0.3, 0.4) is 0 Å². The Hall–Kier alpha value is -1.26. The average Bonchev–Trinajstić information content (AvgIpc) is 2.35. The minimum absolute atomic E-state index is 0.339. The first-order valence-electron chi connectivity index (χ1n) is 6.02. The summed E-state index contributed by atoms with van der Waals surface area (Å²) in [6.07, 6.45) is 0. The van der Waals surface area contributed by atoms with Crippen LogP contribution in [0.5, 0.6) is 5.75 Å². The van der Waals surface area contributed by atoms with E-state index in [4.69, 9.17) is 16.3 Å². The maximum absolute atomic E-state index is 13.3. The van der Waals surface area contributed by atoms with Crippen molar-refractivity contribution >= 4 is 33.2 Å².